The zero-order valence-electron chi connectivity index (χ0n) is 18.9. The zero-order valence-corrected chi connectivity index (χ0v) is 19.6. The number of hydrogen-bond donors (Lipinski definition) is 1. The van der Waals surface area contributed by atoms with Gasteiger partial charge in [-0.15, -0.1) is 0 Å². The molecule has 0 aliphatic heterocycles. The van der Waals surface area contributed by atoms with Crippen molar-refractivity contribution in [1.29, 1.82) is 0 Å². The van der Waals surface area contributed by atoms with Crippen LogP contribution < -0.4 is 10.1 Å². The molecule has 0 aromatic heterocycles. The Hall–Kier alpha value is -2.53. The number of carbonyl (C=O) groups is 2. The van der Waals surface area contributed by atoms with Crippen molar-refractivity contribution >= 4 is 23.4 Å². The molecule has 31 heavy (non-hydrogen) atoms. The summed E-state index contributed by atoms with van der Waals surface area (Å²) < 4.78 is 5.74. The minimum absolute atomic E-state index is 0.00160. The van der Waals surface area contributed by atoms with E-state index in [9.17, 15) is 9.59 Å². The molecule has 1 N–H and O–H groups in total. The van der Waals surface area contributed by atoms with Gasteiger partial charge < -0.3 is 15.0 Å². The molecule has 1 atom stereocenters. The molecule has 2 aromatic rings. The lowest BCUT2D eigenvalue weighted by Crippen LogP contribution is -2.50. The summed E-state index contributed by atoms with van der Waals surface area (Å²) in [5, 5.41) is 3.52. The molecule has 0 saturated carbocycles. The van der Waals surface area contributed by atoms with Gasteiger partial charge >= 0.3 is 0 Å². The summed E-state index contributed by atoms with van der Waals surface area (Å²) in [5.74, 6) is 0.556. The molecule has 5 nitrogen and oxygen atoms in total. The van der Waals surface area contributed by atoms with Crippen molar-refractivity contribution in [3.8, 4) is 5.75 Å². The maximum Gasteiger partial charge on any atom is 0.243 e. The van der Waals surface area contributed by atoms with Crippen LogP contribution in [0.3, 0.4) is 0 Å². The fourth-order valence-electron chi connectivity index (χ4n) is 3.30. The summed E-state index contributed by atoms with van der Waals surface area (Å²) >= 11 is 6.33. The lowest BCUT2D eigenvalue weighted by molar-refractivity contribution is -0.141. The average molecular weight is 445 g/mol. The largest absolute Gasteiger partial charge is 0.494 e. The Labute approximate surface area is 190 Å². The Kier molecular flexibility index (Phi) is 9.86. The molecule has 2 amide bonds. The minimum Gasteiger partial charge on any atom is -0.494 e. The van der Waals surface area contributed by atoms with Crippen LogP contribution in [-0.4, -0.2) is 35.4 Å². The standard InChI is InChI=1S/C25H33ClN2O3/c1-5-23(25(30)27-18(2)3)28(17-20-9-6-7-10-22(20)26)24(29)11-8-16-31-21-14-12-19(4)13-15-21/h6-7,9-10,12-15,18,23H,5,8,11,16-17H2,1-4H3,(H,27,30)/t23-/m0/s1. The van der Waals surface area contributed by atoms with Crippen LogP contribution in [0.5, 0.6) is 5.75 Å². The van der Waals surface area contributed by atoms with Crippen LogP contribution in [-0.2, 0) is 16.1 Å². The van der Waals surface area contributed by atoms with Crippen LogP contribution in [0.1, 0.15) is 51.2 Å². The van der Waals surface area contributed by atoms with Crippen molar-refractivity contribution in [2.45, 2.75) is 65.6 Å². The second-order valence-corrected chi connectivity index (χ2v) is 8.37. The van der Waals surface area contributed by atoms with Crippen LogP contribution in [0.2, 0.25) is 5.02 Å². The number of hydrogen-bond acceptors (Lipinski definition) is 3. The molecule has 0 unspecified atom stereocenters. The van der Waals surface area contributed by atoms with E-state index in [0.29, 0.717) is 37.4 Å². The molecule has 2 aromatic carbocycles. The molecule has 0 saturated heterocycles. The van der Waals surface area contributed by atoms with Gasteiger partial charge in [-0.1, -0.05) is 54.4 Å². The summed E-state index contributed by atoms with van der Waals surface area (Å²) in [6, 6.07) is 14.7. The van der Waals surface area contributed by atoms with Crippen molar-refractivity contribution in [2.24, 2.45) is 0 Å². The summed E-state index contributed by atoms with van der Waals surface area (Å²) in [5.41, 5.74) is 1.99. The lowest BCUT2D eigenvalue weighted by atomic mass is 10.1. The summed E-state index contributed by atoms with van der Waals surface area (Å²) in [6.45, 7) is 8.49. The van der Waals surface area contributed by atoms with Crippen molar-refractivity contribution in [3.05, 3.63) is 64.7 Å². The van der Waals surface area contributed by atoms with Crippen LogP contribution in [0, 0.1) is 6.92 Å². The molecule has 6 heteroatoms. The minimum atomic E-state index is -0.552. The van der Waals surface area contributed by atoms with Gasteiger partial charge in [-0.3, -0.25) is 9.59 Å². The topological polar surface area (TPSA) is 58.6 Å². The number of ether oxygens (including phenoxy) is 1. The van der Waals surface area contributed by atoms with Crippen LogP contribution in [0.15, 0.2) is 48.5 Å². The zero-order chi connectivity index (χ0) is 22.8. The van der Waals surface area contributed by atoms with E-state index >= 15 is 0 Å². The van der Waals surface area contributed by atoms with E-state index < -0.39 is 6.04 Å². The second-order valence-electron chi connectivity index (χ2n) is 7.97. The maximum atomic E-state index is 13.2. The van der Waals surface area contributed by atoms with E-state index in [-0.39, 0.29) is 17.9 Å². The smallest absolute Gasteiger partial charge is 0.243 e. The van der Waals surface area contributed by atoms with E-state index in [1.54, 1.807) is 11.0 Å². The van der Waals surface area contributed by atoms with Gasteiger partial charge in [-0.2, -0.15) is 0 Å². The average Bonchev–Trinajstić information content (AvgIpc) is 2.73. The van der Waals surface area contributed by atoms with Crippen molar-refractivity contribution < 1.29 is 14.3 Å². The molecule has 0 aliphatic carbocycles. The van der Waals surface area contributed by atoms with Gasteiger partial charge in [-0.05, 0) is 57.4 Å². The third kappa shape index (κ3) is 7.91. The first-order valence-electron chi connectivity index (χ1n) is 10.8. The van der Waals surface area contributed by atoms with E-state index in [0.717, 1.165) is 11.3 Å². The van der Waals surface area contributed by atoms with Gasteiger partial charge in [0.05, 0.1) is 6.61 Å². The molecule has 168 valence electrons. The highest BCUT2D eigenvalue weighted by molar-refractivity contribution is 6.31. The summed E-state index contributed by atoms with van der Waals surface area (Å²) in [7, 11) is 0. The van der Waals surface area contributed by atoms with Crippen molar-refractivity contribution in [2.75, 3.05) is 6.61 Å². The molecular weight excluding hydrogens is 412 g/mol. The highest BCUT2D eigenvalue weighted by Crippen LogP contribution is 2.21. The van der Waals surface area contributed by atoms with Gasteiger partial charge in [-0.25, -0.2) is 0 Å². The Bertz CT molecular complexity index is 852. The van der Waals surface area contributed by atoms with Gasteiger partial charge in [0.2, 0.25) is 11.8 Å². The predicted molar refractivity (Wildman–Crippen MR) is 125 cm³/mol. The molecule has 0 radical (unpaired) electrons. The molecule has 0 aliphatic rings. The SMILES string of the molecule is CC[C@@H](C(=O)NC(C)C)N(Cc1ccccc1Cl)C(=O)CCCOc1ccc(C)cc1. The number of carbonyl (C=O) groups excluding carboxylic acids is 2. The van der Waals surface area contributed by atoms with Gasteiger partial charge in [0.25, 0.3) is 0 Å². The van der Waals surface area contributed by atoms with Gasteiger partial charge in [0, 0.05) is 24.0 Å². The fraction of sp³-hybridized carbons (Fsp3) is 0.440. The predicted octanol–water partition coefficient (Wildman–Crippen LogP) is 5.14. The van der Waals surface area contributed by atoms with Crippen LogP contribution >= 0.6 is 11.6 Å². The van der Waals surface area contributed by atoms with Crippen LogP contribution in [0.25, 0.3) is 0 Å². The number of benzene rings is 2. The van der Waals surface area contributed by atoms with E-state index in [2.05, 4.69) is 5.32 Å². The van der Waals surface area contributed by atoms with Gasteiger partial charge in [0.15, 0.2) is 0 Å². The van der Waals surface area contributed by atoms with Crippen LogP contribution in [0.4, 0.5) is 0 Å². The number of nitrogens with one attached hydrogen (secondary N) is 1. The maximum absolute atomic E-state index is 13.2. The van der Waals surface area contributed by atoms with Crippen molar-refractivity contribution in [1.82, 2.24) is 10.2 Å². The molecule has 0 bridgehead atoms. The molecule has 0 spiro atoms. The van der Waals surface area contributed by atoms with Crippen molar-refractivity contribution in [3.63, 3.8) is 0 Å². The fourth-order valence-corrected chi connectivity index (χ4v) is 3.50. The van der Waals surface area contributed by atoms with E-state index in [1.807, 2.05) is 70.2 Å². The first-order chi connectivity index (χ1) is 14.8. The van der Waals surface area contributed by atoms with E-state index in [4.69, 9.17) is 16.3 Å². The molecular formula is C25H33ClN2O3. The number of amides is 2. The third-order valence-corrected chi connectivity index (χ3v) is 5.31. The Morgan fingerprint density at radius 3 is 2.39 bits per heavy atom. The number of rotatable bonds is 11. The summed E-state index contributed by atoms with van der Waals surface area (Å²) in [6.07, 6.45) is 1.38. The molecule has 0 heterocycles. The first kappa shape index (κ1) is 24.7. The lowest BCUT2D eigenvalue weighted by Gasteiger charge is -2.31. The first-order valence-corrected chi connectivity index (χ1v) is 11.2. The van der Waals surface area contributed by atoms with E-state index in [1.165, 1.54) is 5.56 Å². The Morgan fingerprint density at radius 2 is 1.77 bits per heavy atom. The highest BCUT2D eigenvalue weighted by atomic mass is 35.5. The number of aryl methyl sites for hydroxylation is 1. The molecule has 2 rings (SSSR count). The number of nitrogens with zero attached hydrogens (tertiary/aromatic N) is 1. The normalized spacial score (nSPS) is 11.8. The Morgan fingerprint density at radius 1 is 1.10 bits per heavy atom. The Balaban J connectivity index is 2.06. The van der Waals surface area contributed by atoms with Gasteiger partial charge in [0.1, 0.15) is 11.8 Å². The summed E-state index contributed by atoms with van der Waals surface area (Å²) in [4.78, 5) is 27.6. The third-order valence-electron chi connectivity index (χ3n) is 4.94. The quantitative estimate of drug-likeness (QED) is 0.488. The second kappa shape index (κ2) is 12.4. The molecule has 0 fully saturated rings. The monoisotopic (exact) mass is 444 g/mol. The number of halogens is 1. The highest BCUT2D eigenvalue weighted by Gasteiger charge is 2.29.